The molecule has 0 saturated heterocycles. The van der Waals surface area contributed by atoms with E-state index < -0.39 is 10.0 Å². The van der Waals surface area contributed by atoms with E-state index in [2.05, 4.69) is 4.72 Å². The molecule has 0 aromatic heterocycles. The topological polar surface area (TPSA) is 96.0 Å². The van der Waals surface area contributed by atoms with Gasteiger partial charge in [0, 0.05) is 12.2 Å². The molecule has 0 saturated carbocycles. The van der Waals surface area contributed by atoms with Crippen LogP contribution in [0.25, 0.3) is 0 Å². The van der Waals surface area contributed by atoms with E-state index in [4.69, 9.17) is 11.0 Å². The number of hydrogen-bond acceptors (Lipinski definition) is 4. The molecule has 6 heteroatoms. The highest BCUT2D eigenvalue weighted by Crippen LogP contribution is 2.17. The fraction of sp³-hybridized carbons (Fsp3) is 0.133. The highest BCUT2D eigenvalue weighted by atomic mass is 32.2. The van der Waals surface area contributed by atoms with Crippen LogP contribution in [0.15, 0.2) is 53.4 Å². The molecule has 3 N–H and O–H groups in total. The standard InChI is InChI=1S/C15H15N3O2S/c16-9-8-12-4-6-15(7-5-12)21(19,20)18-14-3-1-2-13(10-14)11-17/h1-7,10,18H,8,11,17H2. The Kier molecular flexibility index (Phi) is 4.58. The molecule has 0 aliphatic rings. The second-order valence-corrected chi connectivity index (χ2v) is 6.17. The molecular formula is C15H15N3O2S. The lowest BCUT2D eigenvalue weighted by molar-refractivity contribution is 0.601. The molecule has 0 radical (unpaired) electrons. The summed E-state index contributed by atoms with van der Waals surface area (Å²) in [6, 6.07) is 15.2. The van der Waals surface area contributed by atoms with Crippen molar-refractivity contribution < 1.29 is 8.42 Å². The van der Waals surface area contributed by atoms with Crippen LogP contribution in [0.5, 0.6) is 0 Å². The molecule has 2 rings (SSSR count). The fourth-order valence-corrected chi connectivity index (χ4v) is 2.90. The summed E-state index contributed by atoms with van der Waals surface area (Å²) in [5, 5.41) is 8.60. The van der Waals surface area contributed by atoms with Gasteiger partial charge in [-0.15, -0.1) is 0 Å². The van der Waals surface area contributed by atoms with Crippen LogP contribution in [0.1, 0.15) is 11.1 Å². The second kappa shape index (κ2) is 6.39. The SMILES string of the molecule is N#CCc1ccc(S(=O)(=O)Nc2cccc(CN)c2)cc1. The molecule has 0 spiro atoms. The van der Waals surface area contributed by atoms with E-state index in [0.29, 0.717) is 12.2 Å². The number of rotatable bonds is 5. The predicted molar refractivity (Wildman–Crippen MR) is 80.9 cm³/mol. The van der Waals surface area contributed by atoms with E-state index in [1.54, 1.807) is 30.3 Å². The molecule has 0 amide bonds. The molecule has 0 heterocycles. The van der Waals surface area contributed by atoms with Gasteiger partial charge in [-0.05, 0) is 35.4 Å². The van der Waals surface area contributed by atoms with E-state index in [1.165, 1.54) is 12.1 Å². The Bertz CT molecular complexity index is 762. The summed E-state index contributed by atoms with van der Waals surface area (Å²) < 4.78 is 27.0. The summed E-state index contributed by atoms with van der Waals surface area (Å²) in [4.78, 5) is 0.155. The lowest BCUT2D eigenvalue weighted by atomic mass is 10.2. The van der Waals surface area contributed by atoms with Crippen molar-refractivity contribution in [1.82, 2.24) is 0 Å². The Morgan fingerprint density at radius 2 is 1.81 bits per heavy atom. The van der Waals surface area contributed by atoms with Crippen LogP contribution < -0.4 is 10.5 Å². The Labute approximate surface area is 124 Å². The summed E-state index contributed by atoms with van der Waals surface area (Å²) >= 11 is 0. The first-order valence-electron chi connectivity index (χ1n) is 6.33. The first-order chi connectivity index (χ1) is 10.0. The minimum absolute atomic E-state index is 0.155. The number of nitrogens with zero attached hydrogens (tertiary/aromatic N) is 1. The van der Waals surface area contributed by atoms with Gasteiger partial charge in [0.15, 0.2) is 0 Å². The molecule has 0 bridgehead atoms. The van der Waals surface area contributed by atoms with Crippen LogP contribution in [0.4, 0.5) is 5.69 Å². The van der Waals surface area contributed by atoms with E-state index in [1.807, 2.05) is 12.1 Å². The number of hydrogen-bond donors (Lipinski definition) is 2. The molecule has 2 aromatic carbocycles. The van der Waals surface area contributed by atoms with Crippen molar-refractivity contribution >= 4 is 15.7 Å². The molecule has 5 nitrogen and oxygen atoms in total. The molecule has 0 unspecified atom stereocenters. The van der Waals surface area contributed by atoms with Gasteiger partial charge in [-0.1, -0.05) is 24.3 Å². The summed E-state index contributed by atoms with van der Waals surface area (Å²) in [6.07, 6.45) is 0.256. The molecule has 0 aliphatic heterocycles. The largest absolute Gasteiger partial charge is 0.326 e. The highest BCUT2D eigenvalue weighted by molar-refractivity contribution is 7.92. The van der Waals surface area contributed by atoms with Gasteiger partial charge in [0.1, 0.15) is 0 Å². The smallest absolute Gasteiger partial charge is 0.261 e. The average Bonchev–Trinajstić information content (AvgIpc) is 2.48. The van der Waals surface area contributed by atoms with E-state index in [0.717, 1.165) is 11.1 Å². The van der Waals surface area contributed by atoms with Crippen LogP contribution in [-0.2, 0) is 23.0 Å². The quantitative estimate of drug-likeness (QED) is 0.883. The minimum atomic E-state index is -3.64. The normalized spacial score (nSPS) is 10.9. The zero-order chi connectivity index (χ0) is 15.3. The molecule has 108 valence electrons. The second-order valence-electron chi connectivity index (χ2n) is 4.49. The Morgan fingerprint density at radius 3 is 2.43 bits per heavy atom. The maximum atomic E-state index is 12.3. The summed E-state index contributed by atoms with van der Waals surface area (Å²) in [7, 11) is -3.64. The van der Waals surface area contributed by atoms with Crippen LogP contribution >= 0.6 is 0 Å². The summed E-state index contributed by atoms with van der Waals surface area (Å²) in [5.41, 5.74) is 7.63. The number of nitrogens with two attached hydrogens (primary N) is 1. The van der Waals surface area contributed by atoms with E-state index >= 15 is 0 Å². The Balaban J connectivity index is 2.23. The van der Waals surface area contributed by atoms with Crippen LogP contribution in [0, 0.1) is 11.3 Å². The van der Waals surface area contributed by atoms with Gasteiger partial charge in [-0.3, -0.25) is 4.72 Å². The minimum Gasteiger partial charge on any atom is -0.326 e. The van der Waals surface area contributed by atoms with Crippen molar-refractivity contribution in [1.29, 1.82) is 5.26 Å². The van der Waals surface area contributed by atoms with Gasteiger partial charge in [0.25, 0.3) is 10.0 Å². The summed E-state index contributed by atoms with van der Waals surface area (Å²) in [6.45, 7) is 0.346. The monoisotopic (exact) mass is 301 g/mol. The zero-order valence-electron chi connectivity index (χ0n) is 11.3. The number of benzene rings is 2. The van der Waals surface area contributed by atoms with Crippen molar-refractivity contribution in [3.63, 3.8) is 0 Å². The Morgan fingerprint density at radius 1 is 1.10 bits per heavy atom. The lowest BCUT2D eigenvalue weighted by Crippen LogP contribution is -2.13. The molecule has 0 atom stereocenters. The predicted octanol–water partition coefficient (Wildman–Crippen LogP) is 2.01. The van der Waals surface area contributed by atoms with Gasteiger partial charge < -0.3 is 5.73 Å². The third kappa shape index (κ3) is 3.81. The van der Waals surface area contributed by atoms with Crippen LogP contribution in [-0.4, -0.2) is 8.42 Å². The summed E-state index contributed by atoms with van der Waals surface area (Å²) in [5.74, 6) is 0. The maximum Gasteiger partial charge on any atom is 0.261 e. The zero-order valence-corrected chi connectivity index (χ0v) is 12.1. The van der Waals surface area contributed by atoms with Crippen molar-refractivity contribution in [2.45, 2.75) is 17.9 Å². The van der Waals surface area contributed by atoms with Crippen molar-refractivity contribution in [2.24, 2.45) is 5.73 Å². The van der Waals surface area contributed by atoms with Gasteiger partial charge in [-0.2, -0.15) is 5.26 Å². The highest BCUT2D eigenvalue weighted by Gasteiger charge is 2.14. The van der Waals surface area contributed by atoms with Crippen LogP contribution in [0.3, 0.4) is 0 Å². The third-order valence-corrected chi connectivity index (χ3v) is 4.33. The molecule has 21 heavy (non-hydrogen) atoms. The first-order valence-corrected chi connectivity index (χ1v) is 7.81. The van der Waals surface area contributed by atoms with Crippen molar-refractivity contribution in [2.75, 3.05) is 4.72 Å². The van der Waals surface area contributed by atoms with Gasteiger partial charge in [0.05, 0.1) is 17.4 Å². The fourth-order valence-electron chi connectivity index (χ4n) is 1.85. The van der Waals surface area contributed by atoms with Gasteiger partial charge in [0.2, 0.25) is 0 Å². The lowest BCUT2D eigenvalue weighted by Gasteiger charge is -2.09. The maximum absolute atomic E-state index is 12.3. The molecular weight excluding hydrogens is 286 g/mol. The number of nitriles is 1. The van der Waals surface area contributed by atoms with E-state index in [9.17, 15) is 8.42 Å². The van der Waals surface area contributed by atoms with Gasteiger partial charge >= 0.3 is 0 Å². The molecule has 0 aliphatic carbocycles. The number of sulfonamides is 1. The van der Waals surface area contributed by atoms with Crippen LogP contribution in [0.2, 0.25) is 0 Å². The first kappa shape index (κ1) is 15.0. The van der Waals surface area contributed by atoms with Crippen molar-refractivity contribution in [3.05, 3.63) is 59.7 Å². The number of anilines is 1. The third-order valence-electron chi connectivity index (χ3n) is 2.93. The number of nitrogens with one attached hydrogen (secondary N) is 1. The van der Waals surface area contributed by atoms with Gasteiger partial charge in [-0.25, -0.2) is 8.42 Å². The molecule has 2 aromatic rings. The van der Waals surface area contributed by atoms with Crippen molar-refractivity contribution in [3.8, 4) is 6.07 Å². The molecule has 0 fully saturated rings. The van der Waals surface area contributed by atoms with E-state index in [-0.39, 0.29) is 11.3 Å². The Hall–Kier alpha value is -2.36. The average molecular weight is 301 g/mol.